The molecule has 0 heterocycles. The molecule has 0 spiro atoms. The van der Waals surface area contributed by atoms with Crippen LogP contribution < -0.4 is 19.1 Å². The fourth-order valence-electron chi connectivity index (χ4n) is 2.91. The van der Waals surface area contributed by atoms with Crippen LogP contribution in [0.15, 0.2) is 42.5 Å². The summed E-state index contributed by atoms with van der Waals surface area (Å²) < 4.78 is 36.1. The SMILES string of the molecule is COc1ccc([C@H](C)NC(=O)[C@H](C)N(c2ccc(OC)c(Cl)c2)S(C)(=O)=O)cc1. The van der Waals surface area contributed by atoms with Crippen LogP contribution in [-0.4, -0.2) is 40.8 Å². The molecule has 0 unspecified atom stereocenters. The van der Waals surface area contributed by atoms with E-state index in [0.717, 1.165) is 16.1 Å². The van der Waals surface area contributed by atoms with Crippen molar-refractivity contribution >= 4 is 33.2 Å². The number of rotatable bonds is 8. The molecule has 2 aromatic carbocycles. The monoisotopic (exact) mass is 440 g/mol. The molecule has 1 N–H and O–H groups in total. The van der Waals surface area contributed by atoms with Gasteiger partial charge in [0.1, 0.15) is 17.5 Å². The molecule has 29 heavy (non-hydrogen) atoms. The summed E-state index contributed by atoms with van der Waals surface area (Å²) in [5.41, 5.74) is 1.14. The molecule has 1 amide bonds. The van der Waals surface area contributed by atoms with E-state index in [1.165, 1.54) is 20.1 Å². The van der Waals surface area contributed by atoms with Crippen molar-refractivity contribution in [1.82, 2.24) is 5.32 Å². The van der Waals surface area contributed by atoms with Crippen LogP contribution in [0.5, 0.6) is 11.5 Å². The quantitative estimate of drug-likeness (QED) is 0.680. The van der Waals surface area contributed by atoms with Crippen molar-refractivity contribution in [3.63, 3.8) is 0 Å². The average molecular weight is 441 g/mol. The second-order valence-corrected chi connectivity index (χ2v) is 8.82. The van der Waals surface area contributed by atoms with Gasteiger partial charge in [0, 0.05) is 0 Å². The van der Waals surface area contributed by atoms with Crippen molar-refractivity contribution < 1.29 is 22.7 Å². The van der Waals surface area contributed by atoms with Gasteiger partial charge in [-0.15, -0.1) is 0 Å². The molecule has 0 radical (unpaired) electrons. The molecule has 2 rings (SSSR count). The van der Waals surface area contributed by atoms with Gasteiger partial charge in [0.05, 0.1) is 37.2 Å². The van der Waals surface area contributed by atoms with Gasteiger partial charge < -0.3 is 14.8 Å². The summed E-state index contributed by atoms with van der Waals surface area (Å²) in [5, 5.41) is 3.10. The van der Waals surface area contributed by atoms with Crippen LogP contribution in [-0.2, 0) is 14.8 Å². The normalized spacial score (nSPS) is 13.3. The number of halogens is 1. The molecular weight excluding hydrogens is 416 g/mol. The Kier molecular flexibility index (Phi) is 7.37. The molecule has 7 nitrogen and oxygen atoms in total. The van der Waals surface area contributed by atoms with Crippen molar-refractivity contribution in [2.45, 2.75) is 25.9 Å². The molecule has 0 saturated heterocycles. The largest absolute Gasteiger partial charge is 0.497 e. The number of hydrogen-bond acceptors (Lipinski definition) is 5. The standard InChI is InChI=1S/C20H25ClN2O5S/c1-13(15-6-9-17(27-3)10-7-15)22-20(24)14(2)23(29(5,25)26)16-8-11-19(28-4)18(21)12-16/h6-14H,1-5H3,(H,22,24)/t13-,14-/m0/s1. The lowest BCUT2D eigenvalue weighted by Crippen LogP contribution is -2.48. The number of methoxy groups -OCH3 is 2. The van der Waals surface area contributed by atoms with E-state index < -0.39 is 22.0 Å². The zero-order valence-electron chi connectivity index (χ0n) is 17.0. The number of carbonyl (C=O) groups is 1. The Labute approximate surface area is 176 Å². The van der Waals surface area contributed by atoms with Crippen LogP contribution in [0.2, 0.25) is 5.02 Å². The Morgan fingerprint density at radius 2 is 1.69 bits per heavy atom. The van der Waals surface area contributed by atoms with Gasteiger partial charge >= 0.3 is 0 Å². The number of nitrogens with one attached hydrogen (secondary N) is 1. The highest BCUT2D eigenvalue weighted by molar-refractivity contribution is 7.92. The van der Waals surface area contributed by atoms with Crippen LogP contribution in [0.3, 0.4) is 0 Å². The van der Waals surface area contributed by atoms with Crippen LogP contribution >= 0.6 is 11.6 Å². The highest BCUT2D eigenvalue weighted by Crippen LogP contribution is 2.31. The number of benzene rings is 2. The zero-order chi connectivity index (χ0) is 21.8. The molecular formula is C20H25ClN2O5S. The van der Waals surface area contributed by atoms with E-state index in [0.29, 0.717) is 11.5 Å². The molecule has 0 saturated carbocycles. The number of sulfonamides is 1. The summed E-state index contributed by atoms with van der Waals surface area (Å²) in [7, 11) is -0.711. The molecule has 0 bridgehead atoms. The molecule has 0 aliphatic carbocycles. The Bertz CT molecular complexity index is 963. The zero-order valence-corrected chi connectivity index (χ0v) is 18.5. The van der Waals surface area contributed by atoms with Gasteiger partial charge in [0.2, 0.25) is 15.9 Å². The Hall–Kier alpha value is -2.45. The lowest BCUT2D eigenvalue weighted by atomic mass is 10.1. The highest BCUT2D eigenvalue weighted by atomic mass is 35.5. The van der Waals surface area contributed by atoms with Gasteiger partial charge in [-0.1, -0.05) is 23.7 Å². The fraction of sp³-hybridized carbons (Fsp3) is 0.350. The van der Waals surface area contributed by atoms with Crippen molar-refractivity contribution in [2.75, 3.05) is 24.8 Å². The predicted octanol–water partition coefficient (Wildman–Crippen LogP) is 3.39. The number of carbonyl (C=O) groups excluding carboxylic acids is 1. The first-order valence-electron chi connectivity index (χ1n) is 8.85. The Balaban J connectivity index is 2.25. The van der Waals surface area contributed by atoms with Gasteiger partial charge in [-0.25, -0.2) is 8.42 Å². The summed E-state index contributed by atoms with van der Waals surface area (Å²) in [4.78, 5) is 12.8. The van der Waals surface area contributed by atoms with Crippen molar-refractivity contribution in [3.05, 3.63) is 53.1 Å². The number of ether oxygens (including phenoxy) is 2. The van der Waals surface area contributed by atoms with Gasteiger partial charge in [0.25, 0.3) is 0 Å². The molecule has 2 aromatic rings. The third-order valence-electron chi connectivity index (χ3n) is 4.45. The first-order chi connectivity index (χ1) is 13.6. The molecule has 0 aliphatic heterocycles. The maximum atomic E-state index is 12.8. The van der Waals surface area contributed by atoms with E-state index in [1.807, 2.05) is 19.1 Å². The number of hydrogen-bond donors (Lipinski definition) is 1. The molecule has 9 heteroatoms. The number of nitrogens with zero attached hydrogens (tertiary/aromatic N) is 1. The van der Waals surface area contributed by atoms with E-state index in [9.17, 15) is 13.2 Å². The molecule has 2 atom stereocenters. The third-order valence-corrected chi connectivity index (χ3v) is 5.99. The van der Waals surface area contributed by atoms with Gasteiger partial charge in [-0.2, -0.15) is 0 Å². The van der Waals surface area contributed by atoms with E-state index >= 15 is 0 Å². The van der Waals surface area contributed by atoms with Crippen molar-refractivity contribution in [2.24, 2.45) is 0 Å². The van der Waals surface area contributed by atoms with E-state index in [1.54, 1.807) is 31.4 Å². The fourth-order valence-corrected chi connectivity index (χ4v) is 4.33. The summed E-state index contributed by atoms with van der Waals surface area (Å²) in [6.07, 6.45) is 1.04. The minimum absolute atomic E-state index is 0.248. The minimum Gasteiger partial charge on any atom is -0.497 e. The first kappa shape index (κ1) is 22.8. The number of anilines is 1. The lowest BCUT2D eigenvalue weighted by molar-refractivity contribution is -0.122. The third kappa shape index (κ3) is 5.55. The molecule has 0 aromatic heterocycles. The Morgan fingerprint density at radius 3 is 2.17 bits per heavy atom. The summed E-state index contributed by atoms with van der Waals surface area (Å²) in [5.74, 6) is 0.681. The lowest BCUT2D eigenvalue weighted by Gasteiger charge is -2.29. The van der Waals surface area contributed by atoms with E-state index in [2.05, 4.69) is 5.32 Å². The van der Waals surface area contributed by atoms with Crippen molar-refractivity contribution in [1.29, 1.82) is 0 Å². The smallest absolute Gasteiger partial charge is 0.244 e. The van der Waals surface area contributed by atoms with Crippen LogP contribution in [0.1, 0.15) is 25.5 Å². The maximum absolute atomic E-state index is 12.8. The van der Waals surface area contributed by atoms with Crippen LogP contribution in [0.25, 0.3) is 0 Å². The summed E-state index contributed by atoms with van der Waals surface area (Å²) >= 11 is 6.14. The van der Waals surface area contributed by atoms with E-state index in [4.69, 9.17) is 21.1 Å². The molecule has 0 fully saturated rings. The van der Waals surface area contributed by atoms with Crippen molar-refractivity contribution in [3.8, 4) is 11.5 Å². The van der Waals surface area contributed by atoms with E-state index in [-0.39, 0.29) is 16.8 Å². The molecule has 158 valence electrons. The second-order valence-electron chi connectivity index (χ2n) is 6.56. The molecule has 0 aliphatic rings. The van der Waals surface area contributed by atoms with Crippen LogP contribution in [0, 0.1) is 0 Å². The van der Waals surface area contributed by atoms with Gasteiger partial charge in [-0.05, 0) is 49.7 Å². The van der Waals surface area contributed by atoms with Gasteiger partial charge in [0.15, 0.2) is 0 Å². The highest BCUT2D eigenvalue weighted by Gasteiger charge is 2.30. The predicted molar refractivity (Wildman–Crippen MR) is 114 cm³/mol. The average Bonchev–Trinajstić information content (AvgIpc) is 2.67. The summed E-state index contributed by atoms with van der Waals surface area (Å²) in [6.45, 7) is 3.34. The maximum Gasteiger partial charge on any atom is 0.244 e. The second kappa shape index (κ2) is 9.37. The topological polar surface area (TPSA) is 84.9 Å². The van der Waals surface area contributed by atoms with Gasteiger partial charge in [-0.3, -0.25) is 9.10 Å². The summed E-state index contributed by atoms with van der Waals surface area (Å²) in [6, 6.07) is 10.5. The minimum atomic E-state index is -3.75. The first-order valence-corrected chi connectivity index (χ1v) is 11.1. The Morgan fingerprint density at radius 1 is 1.07 bits per heavy atom. The number of amides is 1. The van der Waals surface area contributed by atoms with Crippen LogP contribution in [0.4, 0.5) is 5.69 Å².